The summed E-state index contributed by atoms with van der Waals surface area (Å²) in [6.07, 6.45) is 3.83. The highest BCUT2D eigenvalue weighted by molar-refractivity contribution is 5.78. The topological polar surface area (TPSA) is 41.6 Å². The van der Waals surface area contributed by atoms with Gasteiger partial charge in [0.05, 0.1) is 19.8 Å². The lowest BCUT2D eigenvalue weighted by Crippen LogP contribution is -2.48. The van der Waals surface area contributed by atoms with Gasteiger partial charge in [-0.1, -0.05) is 26.7 Å². The standard InChI is InChI=1S/C14H26N2O2/c1-11-4-3-5-13(12(11)2)15-10-14(17)16-6-8-18-9-7-16/h11-13,15H,3-10H2,1-2H3. The largest absolute Gasteiger partial charge is 0.378 e. The molecule has 4 heteroatoms. The maximum atomic E-state index is 12.0. The molecule has 3 atom stereocenters. The van der Waals surface area contributed by atoms with E-state index in [2.05, 4.69) is 19.2 Å². The first-order valence-electron chi connectivity index (χ1n) is 7.27. The average molecular weight is 254 g/mol. The van der Waals surface area contributed by atoms with Crippen LogP contribution in [0.4, 0.5) is 0 Å². The van der Waals surface area contributed by atoms with Gasteiger partial charge in [0.1, 0.15) is 0 Å². The summed E-state index contributed by atoms with van der Waals surface area (Å²) < 4.78 is 5.26. The van der Waals surface area contributed by atoms with Crippen molar-refractivity contribution in [2.45, 2.75) is 39.2 Å². The number of nitrogens with zero attached hydrogens (tertiary/aromatic N) is 1. The Balaban J connectivity index is 1.74. The summed E-state index contributed by atoms with van der Waals surface area (Å²) in [5.74, 6) is 1.68. The minimum atomic E-state index is 0.226. The molecule has 3 unspecified atom stereocenters. The molecule has 1 amide bonds. The van der Waals surface area contributed by atoms with E-state index in [0.29, 0.717) is 31.7 Å². The fraction of sp³-hybridized carbons (Fsp3) is 0.929. The first-order chi connectivity index (χ1) is 8.68. The molecule has 0 spiro atoms. The Hall–Kier alpha value is -0.610. The van der Waals surface area contributed by atoms with Gasteiger partial charge in [0, 0.05) is 19.1 Å². The van der Waals surface area contributed by atoms with Crippen LogP contribution in [-0.2, 0) is 9.53 Å². The average Bonchev–Trinajstić information content (AvgIpc) is 2.41. The molecule has 4 nitrogen and oxygen atoms in total. The van der Waals surface area contributed by atoms with Crippen molar-refractivity contribution in [3.05, 3.63) is 0 Å². The van der Waals surface area contributed by atoms with Crippen LogP contribution in [0, 0.1) is 11.8 Å². The van der Waals surface area contributed by atoms with E-state index in [1.54, 1.807) is 0 Å². The van der Waals surface area contributed by atoms with E-state index >= 15 is 0 Å². The fourth-order valence-corrected chi connectivity index (χ4v) is 3.01. The molecule has 2 rings (SSSR count). The Morgan fingerprint density at radius 1 is 1.28 bits per heavy atom. The van der Waals surface area contributed by atoms with Gasteiger partial charge in [0.2, 0.25) is 5.91 Å². The van der Waals surface area contributed by atoms with Crippen molar-refractivity contribution in [3.8, 4) is 0 Å². The molecule has 0 aromatic heterocycles. The minimum absolute atomic E-state index is 0.226. The van der Waals surface area contributed by atoms with Crippen LogP contribution in [0.1, 0.15) is 33.1 Å². The first-order valence-corrected chi connectivity index (χ1v) is 7.27. The molecule has 1 N–H and O–H groups in total. The van der Waals surface area contributed by atoms with Gasteiger partial charge in [-0.2, -0.15) is 0 Å². The highest BCUT2D eigenvalue weighted by atomic mass is 16.5. The van der Waals surface area contributed by atoms with Gasteiger partial charge in [-0.3, -0.25) is 4.79 Å². The third-order valence-electron chi connectivity index (χ3n) is 4.59. The molecular formula is C14H26N2O2. The lowest BCUT2D eigenvalue weighted by Gasteiger charge is -2.35. The van der Waals surface area contributed by atoms with Crippen molar-refractivity contribution in [1.82, 2.24) is 10.2 Å². The smallest absolute Gasteiger partial charge is 0.236 e. The monoisotopic (exact) mass is 254 g/mol. The molecule has 0 radical (unpaired) electrons. The van der Waals surface area contributed by atoms with Gasteiger partial charge < -0.3 is 15.0 Å². The molecule has 0 bridgehead atoms. The summed E-state index contributed by atoms with van der Waals surface area (Å²) in [5, 5.41) is 3.47. The normalized spacial score (nSPS) is 33.4. The summed E-state index contributed by atoms with van der Waals surface area (Å²) in [5.41, 5.74) is 0. The first kappa shape index (κ1) is 13.8. The highest BCUT2D eigenvalue weighted by Gasteiger charge is 2.27. The van der Waals surface area contributed by atoms with Gasteiger partial charge >= 0.3 is 0 Å². The summed E-state index contributed by atoms with van der Waals surface area (Å²) in [7, 11) is 0. The van der Waals surface area contributed by atoms with E-state index in [-0.39, 0.29) is 5.91 Å². The Morgan fingerprint density at radius 2 is 2.00 bits per heavy atom. The van der Waals surface area contributed by atoms with Crippen molar-refractivity contribution < 1.29 is 9.53 Å². The third-order valence-corrected chi connectivity index (χ3v) is 4.59. The minimum Gasteiger partial charge on any atom is -0.378 e. The van der Waals surface area contributed by atoms with Gasteiger partial charge in [0.15, 0.2) is 0 Å². The number of carbonyl (C=O) groups is 1. The second-order valence-corrected chi connectivity index (χ2v) is 5.75. The van der Waals surface area contributed by atoms with E-state index in [4.69, 9.17) is 4.74 Å². The molecular weight excluding hydrogens is 228 g/mol. The molecule has 18 heavy (non-hydrogen) atoms. The summed E-state index contributed by atoms with van der Waals surface area (Å²) in [4.78, 5) is 13.9. The fourth-order valence-electron chi connectivity index (χ4n) is 3.01. The Bertz CT molecular complexity index is 277. The van der Waals surface area contributed by atoms with E-state index in [1.165, 1.54) is 19.3 Å². The molecule has 1 saturated heterocycles. The van der Waals surface area contributed by atoms with Crippen molar-refractivity contribution >= 4 is 5.91 Å². The number of nitrogens with one attached hydrogen (secondary N) is 1. The number of rotatable bonds is 3. The van der Waals surface area contributed by atoms with Crippen molar-refractivity contribution in [2.75, 3.05) is 32.8 Å². The van der Waals surface area contributed by atoms with Crippen LogP contribution in [-0.4, -0.2) is 49.7 Å². The molecule has 1 aliphatic heterocycles. The number of carbonyl (C=O) groups excluding carboxylic acids is 1. The van der Waals surface area contributed by atoms with E-state index < -0.39 is 0 Å². The molecule has 1 heterocycles. The van der Waals surface area contributed by atoms with Gasteiger partial charge in [-0.25, -0.2) is 0 Å². The molecule has 2 fully saturated rings. The van der Waals surface area contributed by atoms with Crippen LogP contribution >= 0.6 is 0 Å². The summed E-state index contributed by atoms with van der Waals surface area (Å²) in [6.45, 7) is 7.98. The summed E-state index contributed by atoms with van der Waals surface area (Å²) in [6, 6.07) is 0.513. The second kappa shape index (κ2) is 6.53. The van der Waals surface area contributed by atoms with E-state index in [9.17, 15) is 4.79 Å². The van der Waals surface area contributed by atoms with Crippen LogP contribution in [0.5, 0.6) is 0 Å². The summed E-state index contributed by atoms with van der Waals surface area (Å²) >= 11 is 0. The van der Waals surface area contributed by atoms with E-state index in [0.717, 1.165) is 19.0 Å². The van der Waals surface area contributed by atoms with Gasteiger partial charge in [-0.05, 0) is 18.3 Å². The van der Waals surface area contributed by atoms with Crippen LogP contribution in [0.15, 0.2) is 0 Å². The zero-order chi connectivity index (χ0) is 13.0. The SMILES string of the molecule is CC1CCCC(NCC(=O)N2CCOCC2)C1C. The Morgan fingerprint density at radius 3 is 2.72 bits per heavy atom. The number of amides is 1. The lowest BCUT2D eigenvalue weighted by atomic mass is 9.78. The molecule has 2 aliphatic rings. The maximum Gasteiger partial charge on any atom is 0.236 e. The zero-order valence-electron chi connectivity index (χ0n) is 11.7. The third kappa shape index (κ3) is 3.45. The van der Waals surface area contributed by atoms with Crippen molar-refractivity contribution in [2.24, 2.45) is 11.8 Å². The molecule has 1 aliphatic carbocycles. The predicted molar refractivity (Wildman–Crippen MR) is 71.4 cm³/mol. The van der Waals surface area contributed by atoms with Gasteiger partial charge in [0.25, 0.3) is 0 Å². The molecule has 1 saturated carbocycles. The maximum absolute atomic E-state index is 12.0. The molecule has 104 valence electrons. The Kier molecular flexibility index (Phi) is 5.01. The lowest BCUT2D eigenvalue weighted by molar-refractivity contribution is -0.134. The van der Waals surface area contributed by atoms with Crippen LogP contribution in [0.2, 0.25) is 0 Å². The second-order valence-electron chi connectivity index (χ2n) is 5.75. The Labute approximate surface area is 110 Å². The molecule has 0 aromatic carbocycles. The van der Waals surface area contributed by atoms with Crippen LogP contribution in [0.25, 0.3) is 0 Å². The van der Waals surface area contributed by atoms with Crippen molar-refractivity contribution in [3.63, 3.8) is 0 Å². The number of hydrogen-bond acceptors (Lipinski definition) is 3. The van der Waals surface area contributed by atoms with Crippen molar-refractivity contribution in [1.29, 1.82) is 0 Å². The predicted octanol–water partition coefficient (Wildman–Crippen LogP) is 1.26. The zero-order valence-corrected chi connectivity index (χ0v) is 11.7. The quantitative estimate of drug-likeness (QED) is 0.824. The molecule has 0 aromatic rings. The number of morpholine rings is 1. The number of ether oxygens (including phenoxy) is 1. The number of hydrogen-bond donors (Lipinski definition) is 1. The van der Waals surface area contributed by atoms with Crippen LogP contribution < -0.4 is 5.32 Å². The van der Waals surface area contributed by atoms with Crippen LogP contribution in [0.3, 0.4) is 0 Å². The van der Waals surface area contributed by atoms with Gasteiger partial charge in [-0.15, -0.1) is 0 Å². The van der Waals surface area contributed by atoms with E-state index in [1.807, 2.05) is 4.90 Å². The highest BCUT2D eigenvalue weighted by Crippen LogP contribution is 2.29.